The lowest BCUT2D eigenvalue weighted by Gasteiger charge is -2.11. The zero-order chi connectivity index (χ0) is 16.8. The third-order valence-electron chi connectivity index (χ3n) is 3.11. The third-order valence-corrected chi connectivity index (χ3v) is 3.73. The topological polar surface area (TPSA) is 56.8 Å². The van der Waals surface area contributed by atoms with Crippen molar-refractivity contribution in [3.8, 4) is 17.2 Å². The highest BCUT2D eigenvalue weighted by molar-refractivity contribution is 9.10. The first kappa shape index (κ1) is 17.1. The molecule has 2 rings (SSSR count). The van der Waals surface area contributed by atoms with Crippen molar-refractivity contribution in [1.29, 1.82) is 0 Å². The van der Waals surface area contributed by atoms with Crippen LogP contribution in [0.4, 0.5) is 5.69 Å². The highest BCUT2D eigenvalue weighted by Crippen LogP contribution is 2.30. The fourth-order valence-electron chi connectivity index (χ4n) is 1.98. The van der Waals surface area contributed by atoms with E-state index in [0.717, 1.165) is 10.0 Å². The predicted molar refractivity (Wildman–Crippen MR) is 92.5 cm³/mol. The quantitative estimate of drug-likeness (QED) is 0.829. The molecule has 0 radical (unpaired) electrons. The normalized spacial score (nSPS) is 10.1. The standard InChI is InChI=1S/C17H18BrNO4/c1-11-4-6-14(13(18)8-11)23-10-17(20)19-12-5-7-15(21-2)16(9-12)22-3/h4-9H,10H2,1-3H3,(H,19,20). The van der Waals surface area contributed by atoms with Crippen LogP contribution >= 0.6 is 15.9 Å². The Morgan fingerprint density at radius 2 is 1.74 bits per heavy atom. The zero-order valence-corrected chi connectivity index (χ0v) is 14.8. The molecule has 0 bridgehead atoms. The van der Waals surface area contributed by atoms with E-state index in [-0.39, 0.29) is 12.5 Å². The van der Waals surface area contributed by atoms with Crippen molar-refractivity contribution in [3.05, 3.63) is 46.4 Å². The minimum absolute atomic E-state index is 0.0873. The smallest absolute Gasteiger partial charge is 0.262 e. The van der Waals surface area contributed by atoms with Crippen molar-refractivity contribution in [2.24, 2.45) is 0 Å². The molecule has 0 aliphatic rings. The van der Waals surface area contributed by atoms with Crippen LogP contribution in [0, 0.1) is 6.92 Å². The van der Waals surface area contributed by atoms with E-state index in [0.29, 0.717) is 22.9 Å². The number of ether oxygens (including phenoxy) is 3. The van der Waals surface area contributed by atoms with E-state index in [1.54, 1.807) is 32.4 Å². The van der Waals surface area contributed by atoms with Crippen molar-refractivity contribution in [2.45, 2.75) is 6.92 Å². The largest absolute Gasteiger partial charge is 0.493 e. The van der Waals surface area contributed by atoms with Crippen molar-refractivity contribution >= 4 is 27.5 Å². The molecule has 2 aromatic rings. The van der Waals surface area contributed by atoms with Gasteiger partial charge in [0.2, 0.25) is 0 Å². The predicted octanol–water partition coefficient (Wildman–Crippen LogP) is 3.79. The Labute approximate surface area is 143 Å². The van der Waals surface area contributed by atoms with E-state index >= 15 is 0 Å². The van der Waals surface area contributed by atoms with Gasteiger partial charge in [0.25, 0.3) is 5.91 Å². The lowest BCUT2D eigenvalue weighted by atomic mass is 10.2. The number of hydrogen-bond acceptors (Lipinski definition) is 4. The van der Waals surface area contributed by atoms with Crippen LogP contribution in [0.3, 0.4) is 0 Å². The second kappa shape index (κ2) is 7.87. The van der Waals surface area contributed by atoms with Crippen molar-refractivity contribution in [1.82, 2.24) is 0 Å². The number of carbonyl (C=O) groups excluding carboxylic acids is 1. The number of anilines is 1. The summed E-state index contributed by atoms with van der Waals surface area (Å²) in [5.41, 5.74) is 1.72. The van der Waals surface area contributed by atoms with Gasteiger partial charge in [0.05, 0.1) is 18.7 Å². The molecule has 122 valence electrons. The molecule has 1 N–H and O–H groups in total. The Morgan fingerprint density at radius 1 is 1.04 bits per heavy atom. The van der Waals surface area contributed by atoms with Gasteiger partial charge in [-0.05, 0) is 52.7 Å². The van der Waals surface area contributed by atoms with Crippen LogP contribution in [0.25, 0.3) is 0 Å². The molecule has 6 heteroatoms. The average molecular weight is 380 g/mol. The number of methoxy groups -OCH3 is 2. The Kier molecular flexibility index (Phi) is 5.87. The van der Waals surface area contributed by atoms with E-state index in [4.69, 9.17) is 14.2 Å². The van der Waals surface area contributed by atoms with Crippen LogP contribution in [0.2, 0.25) is 0 Å². The molecule has 5 nitrogen and oxygen atoms in total. The van der Waals surface area contributed by atoms with Gasteiger partial charge in [-0.2, -0.15) is 0 Å². The highest BCUT2D eigenvalue weighted by Gasteiger charge is 2.09. The van der Waals surface area contributed by atoms with Crippen LogP contribution in [0.5, 0.6) is 17.2 Å². The summed E-state index contributed by atoms with van der Waals surface area (Å²) in [5.74, 6) is 1.51. The lowest BCUT2D eigenvalue weighted by Crippen LogP contribution is -2.20. The molecular formula is C17H18BrNO4. The molecule has 0 saturated carbocycles. The molecule has 0 fully saturated rings. The molecule has 0 atom stereocenters. The summed E-state index contributed by atoms with van der Waals surface area (Å²) in [6, 6.07) is 10.8. The summed E-state index contributed by atoms with van der Waals surface area (Å²) in [5, 5.41) is 2.75. The average Bonchev–Trinajstić information content (AvgIpc) is 2.54. The van der Waals surface area contributed by atoms with E-state index in [2.05, 4.69) is 21.2 Å². The molecule has 0 aliphatic heterocycles. The molecule has 0 aromatic heterocycles. The van der Waals surface area contributed by atoms with Crippen LogP contribution in [0.1, 0.15) is 5.56 Å². The van der Waals surface area contributed by atoms with E-state index in [1.165, 1.54) is 0 Å². The number of hydrogen-bond donors (Lipinski definition) is 1. The van der Waals surface area contributed by atoms with Crippen molar-refractivity contribution < 1.29 is 19.0 Å². The molecule has 0 aliphatic carbocycles. The first-order valence-electron chi connectivity index (χ1n) is 6.94. The minimum Gasteiger partial charge on any atom is -0.493 e. The van der Waals surface area contributed by atoms with E-state index in [1.807, 2.05) is 25.1 Å². The molecule has 23 heavy (non-hydrogen) atoms. The van der Waals surface area contributed by atoms with Crippen LogP contribution in [-0.4, -0.2) is 26.7 Å². The van der Waals surface area contributed by atoms with Gasteiger partial charge in [-0.15, -0.1) is 0 Å². The molecule has 2 aromatic carbocycles. The first-order chi connectivity index (χ1) is 11.0. The molecule has 0 heterocycles. The SMILES string of the molecule is COc1ccc(NC(=O)COc2ccc(C)cc2Br)cc1OC. The lowest BCUT2D eigenvalue weighted by molar-refractivity contribution is -0.118. The van der Waals surface area contributed by atoms with E-state index in [9.17, 15) is 4.79 Å². The van der Waals surface area contributed by atoms with Crippen LogP contribution in [-0.2, 0) is 4.79 Å². The zero-order valence-electron chi connectivity index (χ0n) is 13.2. The maximum atomic E-state index is 12.0. The summed E-state index contributed by atoms with van der Waals surface area (Å²) in [4.78, 5) is 12.0. The summed E-state index contributed by atoms with van der Waals surface area (Å²) in [6.07, 6.45) is 0. The van der Waals surface area contributed by atoms with Gasteiger partial charge in [-0.1, -0.05) is 6.07 Å². The molecular weight excluding hydrogens is 362 g/mol. The van der Waals surface area contributed by atoms with Crippen molar-refractivity contribution in [3.63, 3.8) is 0 Å². The number of carbonyl (C=O) groups is 1. The van der Waals surface area contributed by atoms with Gasteiger partial charge in [0.15, 0.2) is 18.1 Å². The summed E-state index contributed by atoms with van der Waals surface area (Å²) < 4.78 is 16.7. The molecule has 0 saturated heterocycles. The number of rotatable bonds is 6. The van der Waals surface area contributed by atoms with Gasteiger partial charge in [-0.25, -0.2) is 0 Å². The van der Waals surface area contributed by atoms with Crippen LogP contribution in [0.15, 0.2) is 40.9 Å². The summed E-state index contributed by atoms with van der Waals surface area (Å²) >= 11 is 3.41. The number of halogens is 1. The molecule has 1 amide bonds. The van der Waals surface area contributed by atoms with Gasteiger partial charge >= 0.3 is 0 Å². The first-order valence-corrected chi connectivity index (χ1v) is 7.73. The number of benzene rings is 2. The number of amides is 1. The summed E-state index contributed by atoms with van der Waals surface area (Å²) in [6.45, 7) is 1.90. The Hall–Kier alpha value is -2.21. The number of aryl methyl sites for hydroxylation is 1. The van der Waals surface area contributed by atoms with E-state index < -0.39 is 0 Å². The maximum Gasteiger partial charge on any atom is 0.262 e. The van der Waals surface area contributed by atoms with Crippen molar-refractivity contribution in [2.75, 3.05) is 26.1 Å². The van der Waals surface area contributed by atoms with Gasteiger partial charge in [0, 0.05) is 11.8 Å². The maximum absolute atomic E-state index is 12.0. The fraction of sp³-hybridized carbons (Fsp3) is 0.235. The third kappa shape index (κ3) is 4.63. The van der Waals surface area contributed by atoms with Gasteiger partial charge in [0.1, 0.15) is 5.75 Å². The Bertz CT molecular complexity index is 703. The van der Waals surface area contributed by atoms with Crippen LogP contribution < -0.4 is 19.5 Å². The second-order valence-electron chi connectivity index (χ2n) is 4.84. The monoisotopic (exact) mass is 379 g/mol. The van der Waals surface area contributed by atoms with Gasteiger partial charge < -0.3 is 19.5 Å². The second-order valence-corrected chi connectivity index (χ2v) is 5.69. The Morgan fingerprint density at radius 3 is 2.39 bits per heavy atom. The summed E-state index contributed by atoms with van der Waals surface area (Å²) in [7, 11) is 3.10. The fourth-order valence-corrected chi connectivity index (χ4v) is 2.58. The molecule has 0 spiro atoms. The number of nitrogens with one attached hydrogen (secondary N) is 1. The highest BCUT2D eigenvalue weighted by atomic mass is 79.9. The Balaban J connectivity index is 1.97. The van der Waals surface area contributed by atoms with Gasteiger partial charge in [-0.3, -0.25) is 4.79 Å². The molecule has 0 unspecified atom stereocenters. The minimum atomic E-state index is -0.260.